The summed E-state index contributed by atoms with van der Waals surface area (Å²) in [6, 6.07) is 0.299. The smallest absolute Gasteiger partial charge is 0.0767 e. The zero-order valence-corrected chi connectivity index (χ0v) is 13.9. The average Bonchev–Trinajstić information content (AvgIpc) is 2.76. The molecule has 0 aliphatic carbocycles. The molecule has 2 rings (SSSR count). The van der Waals surface area contributed by atoms with Gasteiger partial charge in [0.25, 0.3) is 0 Å². The van der Waals surface area contributed by atoms with Crippen molar-refractivity contribution in [3.8, 4) is 0 Å². The quantitative estimate of drug-likeness (QED) is 0.765. The summed E-state index contributed by atoms with van der Waals surface area (Å²) in [5.74, 6) is 0.610. The first-order chi connectivity index (χ1) is 9.21. The minimum Gasteiger partial charge on any atom is -0.378 e. The van der Waals surface area contributed by atoms with Crippen molar-refractivity contribution in [3.63, 3.8) is 0 Å². The van der Waals surface area contributed by atoms with Crippen LogP contribution in [-0.4, -0.2) is 46.4 Å². The molecular weight excluding hydrogens is 330 g/mol. The molecule has 0 saturated carbocycles. The van der Waals surface area contributed by atoms with Crippen LogP contribution in [-0.2, 0) is 24.2 Å². The summed E-state index contributed by atoms with van der Waals surface area (Å²) in [6.45, 7) is 8.47. The molecule has 6 heteroatoms. The normalized spacial score (nSPS) is 20.9. The van der Waals surface area contributed by atoms with E-state index in [0.717, 1.165) is 49.4 Å². The summed E-state index contributed by atoms with van der Waals surface area (Å²) in [5, 5.41) is 4.64. The van der Waals surface area contributed by atoms with Crippen LogP contribution >= 0.6 is 27.5 Å². The lowest BCUT2D eigenvalue weighted by Gasteiger charge is -2.34. The fourth-order valence-corrected chi connectivity index (χ4v) is 3.37. The van der Waals surface area contributed by atoms with Crippen LogP contribution < -0.4 is 0 Å². The Morgan fingerprint density at radius 2 is 2.26 bits per heavy atom. The highest BCUT2D eigenvalue weighted by Crippen LogP contribution is 2.25. The molecule has 1 aromatic heterocycles. The lowest BCUT2D eigenvalue weighted by Crippen LogP contribution is -2.46. The van der Waals surface area contributed by atoms with Crippen LogP contribution in [0.15, 0.2) is 4.47 Å². The SMILES string of the molecule is CCc1nn(CC)c(CN2CCOCC2CCl)c1Br. The number of halogens is 2. The van der Waals surface area contributed by atoms with Gasteiger partial charge in [0.15, 0.2) is 0 Å². The van der Waals surface area contributed by atoms with Crippen LogP contribution in [0.4, 0.5) is 0 Å². The lowest BCUT2D eigenvalue weighted by molar-refractivity contribution is -0.00423. The van der Waals surface area contributed by atoms with E-state index < -0.39 is 0 Å². The summed E-state index contributed by atoms with van der Waals surface area (Å²) in [5.41, 5.74) is 2.38. The third kappa shape index (κ3) is 3.32. The second-order valence-corrected chi connectivity index (χ2v) is 5.83. The first-order valence-corrected chi connectivity index (χ1v) is 8.15. The van der Waals surface area contributed by atoms with E-state index in [0.29, 0.717) is 11.9 Å². The van der Waals surface area contributed by atoms with Gasteiger partial charge in [-0.25, -0.2) is 0 Å². The molecule has 1 atom stereocenters. The van der Waals surface area contributed by atoms with Gasteiger partial charge in [-0.1, -0.05) is 6.92 Å². The second kappa shape index (κ2) is 7.07. The predicted octanol–water partition coefficient (Wildman–Crippen LogP) is 2.67. The van der Waals surface area contributed by atoms with E-state index in [1.165, 1.54) is 5.69 Å². The first-order valence-electron chi connectivity index (χ1n) is 6.83. The summed E-state index contributed by atoms with van der Waals surface area (Å²) in [4.78, 5) is 2.39. The predicted molar refractivity (Wildman–Crippen MR) is 80.7 cm³/mol. The van der Waals surface area contributed by atoms with Gasteiger partial charge in [0.2, 0.25) is 0 Å². The molecule has 0 bridgehead atoms. The zero-order valence-electron chi connectivity index (χ0n) is 11.5. The van der Waals surface area contributed by atoms with Gasteiger partial charge in [-0.15, -0.1) is 11.6 Å². The molecule has 1 fully saturated rings. The molecule has 1 unspecified atom stereocenters. The molecular formula is C13H21BrClN3O. The molecule has 1 aliphatic heterocycles. The number of hydrogen-bond acceptors (Lipinski definition) is 3. The van der Waals surface area contributed by atoms with E-state index in [2.05, 4.69) is 44.5 Å². The van der Waals surface area contributed by atoms with E-state index in [1.807, 2.05) is 0 Å². The summed E-state index contributed by atoms with van der Waals surface area (Å²) >= 11 is 9.73. The van der Waals surface area contributed by atoms with Crippen LogP contribution in [0.1, 0.15) is 25.2 Å². The minimum absolute atomic E-state index is 0.299. The largest absolute Gasteiger partial charge is 0.378 e. The number of aromatic nitrogens is 2. The van der Waals surface area contributed by atoms with Crippen LogP contribution in [0.5, 0.6) is 0 Å². The van der Waals surface area contributed by atoms with Crippen molar-refractivity contribution in [2.24, 2.45) is 0 Å². The van der Waals surface area contributed by atoms with Crippen molar-refractivity contribution >= 4 is 27.5 Å². The molecule has 19 heavy (non-hydrogen) atoms. The number of alkyl halides is 1. The maximum Gasteiger partial charge on any atom is 0.0767 e. The van der Waals surface area contributed by atoms with Crippen LogP contribution in [0.2, 0.25) is 0 Å². The number of ether oxygens (including phenoxy) is 1. The molecule has 0 aromatic carbocycles. The Labute approximate surface area is 128 Å². The van der Waals surface area contributed by atoms with Crippen molar-refractivity contribution in [2.45, 2.75) is 39.4 Å². The molecule has 2 heterocycles. The summed E-state index contributed by atoms with van der Waals surface area (Å²) in [7, 11) is 0. The molecule has 4 nitrogen and oxygen atoms in total. The summed E-state index contributed by atoms with van der Waals surface area (Å²) < 4.78 is 8.73. The number of nitrogens with zero attached hydrogens (tertiary/aromatic N) is 3. The van der Waals surface area contributed by atoms with Gasteiger partial charge in [-0.3, -0.25) is 9.58 Å². The fraction of sp³-hybridized carbons (Fsp3) is 0.769. The van der Waals surface area contributed by atoms with Gasteiger partial charge in [-0.2, -0.15) is 5.10 Å². The Bertz CT molecular complexity index is 424. The monoisotopic (exact) mass is 349 g/mol. The van der Waals surface area contributed by atoms with Crippen molar-refractivity contribution in [1.82, 2.24) is 14.7 Å². The maximum atomic E-state index is 6.03. The van der Waals surface area contributed by atoms with Crippen molar-refractivity contribution in [2.75, 3.05) is 25.6 Å². The third-order valence-electron chi connectivity index (χ3n) is 3.57. The molecule has 1 aromatic rings. The first kappa shape index (κ1) is 15.3. The Morgan fingerprint density at radius 3 is 2.89 bits per heavy atom. The molecule has 0 N–H and O–H groups in total. The van der Waals surface area contributed by atoms with E-state index in [1.54, 1.807) is 0 Å². The molecule has 1 aliphatic rings. The number of morpholine rings is 1. The number of aryl methyl sites for hydroxylation is 2. The topological polar surface area (TPSA) is 30.3 Å². The Hall–Kier alpha value is -0.100. The fourth-order valence-electron chi connectivity index (χ4n) is 2.40. The van der Waals surface area contributed by atoms with Gasteiger partial charge in [-0.05, 0) is 29.3 Å². The number of rotatable bonds is 5. The molecule has 0 radical (unpaired) electrons. The van der Waals surface area contributed by atoms with Gasteiger partial charge in [0, 0.05) is 31.6 Å². The number of hydrogen-bond donors (Lipinski definition) is 0. The van der Waals surface area contributed by atoms with Crippen LogP contribution in [0.3, 0.4) is 0 Å². The highest BCUT2D eigenvalue weighted by Gasteiger charge is 2.25. The second-order valence-electron chi connectivity index (χ2n) is 4.73. The molecule has 1 saturated heterocycles. The van der Waals surface area contributed by atoms with Gasteiger partial charge >= 0.3 is 0 Å². The zero-order chi connectivity index (χ0) is 13.8. The van der Waals surface area contributed by atoms with Gasteiger partial charge in [0.1, 0.15) is 0 Å². The highest BCUT2D eigenvalue weighted by molar-refractivity contribution is 9.10. The lowest BCUT2D eigenvalue weighted by atomic mass is 10.2. The molecule has 108 valence electrons. The van der Waals surface area contributed by atoms with Crippen LogP contribution in [0.25, 0.3) is 0 Å². The summed E-state index contributed by atoms with van der Waals surface area (Å²) in [6.07, 6.45) is 0.947. The van der Waals surface area contributed by atoms with E-state index >= 15 is 0 Å². The average molecular weight is 351 g/mol. The van der Waals surface area contributed by atoms with Crippen LogP contribution in [0, 0.1) is 0 Å². The Balaban J connectivity index is 2.19. The minimum atomic E-state index is 0.299. The maximum absolute atomic E-state index is 6.03. The van der Waals surface area contributed by atoms with E-state index in [4.69, 9.17) is 16.3 Å². The highest BCUT2D eigenvalue weighted by atomic mass is 79.9. The standard InChI is InChI=1S/C13H21BrClN3O/c1-3-11-13(14)12(18(4-2)16-11)8-17-5-6-19-9-10(17)7-15/h10H,3-9H2,1-2H3. The van der Waals surface area contributed by atoms with Crippen molar-refractivity contribution in [3.05, 3.63) is 15.9 Å². The molecule has 0 spiro atoms. The molecule has 0 amide bonds. The van der Waals surface area contributed by atoms with Crippen molar-refractivity contribution in [1.29, 1.82) is 0 Å². The van der Waals surface area contributed by atoms with Gasteiger partial charge in [0.05, 0.1) is 29.1 Å². The van der Waals surface area contributed by atoms with E-state index in [9.17, 15) is 0 Å². The van der Waals surface area contributed by atoms with E-state index in [-0.39, 0.29) is 0 Å². The Morgan fingerprint density at radius 1 is 1.47 bits per heavy atom. The van der Waals surface area contributed by atoms with Gasteiger partial charge < -0.3 is 4.74 Å². The Kier molecular flexibility index (Phi) is 5.69. The third-order valence-corrected chi connectivity index (χ3v) is 4.85. The van der Waals surface area contributed by atoms with Crippen molar-refractivity contribution < 1.29 is 4.74 Å².